The van der Waals surface area contributed by atoms with Gasteiger partial charge in [-0.1, -0.05) is 0 Å². The largest absolute Gasteiger partial charge is 0.483 e. The first kappa shape index (κ1) is 24.4. The molecule has 5 aromatic rings. The number of fused-ring (bicyclic) bond motifs is 4. The standard InChI is InChI=1S/C27H19FN6O4S/c1-13-3-17(23-20(4-13)33-22(36-2)11-31-23)26-34-21-7-19(28)24-18(25(21)39-26)6-16(38-24)12-37-27(35)32-15-5-14(8-29)9-30-10-15/h3-5,7,9-11,16H,6,12H2,1-2H3,(H,32,35)/t16-/m1/s1. The SMILES string of the molecule is COc1cnc2c(-c3nc4cc(F)c5c(c4s3)C[C@H](COC(=O)Nc3cncc(C#N)c3)O5)cc(C)cc2n1. The van der Waals surface area contributed by atoms with Gasteiger partial charge in [-0.2, -0.15) is 5.26 Å². The lowest BCUT2D eigenvalue weighted by atomic mass is 10.1. The zero-order valence-corrected chi connectivity index (χ0v) is 21.5. The van der Waals surface area contributed by atoms with Crippen LogP contribution in [-0.4, -0.2) is 45.8 Å². The smallest absolute Gasteiger partial charge is 0.411 e. The monoisotopic (exact) mass is 542 g/mol. The Bertz CT molecular complexity index is 1820. The number of aryl methyl sites for hydroxylation is 1. The molecule has 0 unspecified atom stereocenters. The van der Waals surface area contributed by atoms with E-state index in [4.69, 9.17) is 24.5 Å². The van der Waals surface area contributed by atoms with E-state index in [0.717, 1.165) is 15.8 Å². The normalized spacial score (nSPS) is 14.1. The van der Waals surface area contributed by atoms with Gasteiger partial charge in [0.25, 0.3) is 0 Å². The maximum atomic E-state index is 15.0. The number of hydrogen-bond donors (Lipinski definition) is 1. The van der Waals surface area contributed by atoms with Gasteiger partial charge in [0.1, 0.15) is 23.8 Å². The number of nitrogens with zero attached hydrogens (tertiary/aromatic N) is 5. The molecule has 0 radical (unpaired) electrons. The minimum atomic E-state index is -0.735. The Kier molecular flexibility index (Phi) is 6.12. The summed E-state index contributed by atoms with van der Waals surface area (Å²) in [7, 11) is 1.54. The van der Waals surface area contributed by atoms with Crippen LogP contribution in [0, 0.1) is 24.1 Å². The number of nitrogens with one attached hydrogen (secondary N) is 1. The van der Waals surface area contributed by atoms with Crippen molar-refractivity contribution in [2.45, 2.75) is 19.4 Å². The molecule has 1 amide bonds. The average molecular weight is 543 g/mol. The highest BCUT2D eigenvalue weighted by Gasteiger charge is 2.31. The third kappa shape index (κ3) is 4.64. The van der Waals surface area contributed by atoms with Crippen LogP contribution < -0.4 is 14.8 Å². The second-order valence-corrected chi connectivity index (χ2v) is 9.87. The number of nitriles is 1. The van der Waals surface area contributed by atoms with Crippen molar-refractivity contribution in [1.29, 1.82) is 5.26 Å². The molecule has 0 saturated heterocycles. The van der Waals surface area contributed by atoms with E-state index >= 15 is 4.39 Å². The van der Waals surface area contributed by atoms with Crippen molar-refractivity contribution < 1.29 is 23.4 Å². The first-order valence-electron chi connectivity index (χ1n) is 11.8. The summed E-state index contributed by atoms with van der Waals surface area (Å²) in [5, 5.41) is 12.2. The van der Waals surface area contributed by atoms with Gasteiger partial charge in [-0.3, -0.25) is 10.3 Å². The predicted molar refractivity (Wildman–Crippen MR) is 141 cm³/mol. The summed E-state index contributed by atoms with van der Waals surface area (Å²) in [4.78, 5) is 29.9. The number of aromatic nitrogens is 4. The van der Waals surface area contributed by atoms with Gasteiger partial charge in [-0.05, 0) is 30.7 Å². The number of benzene rings is 2. The molecule has 3 aromatic heterocycles. The Labute approximate surface area is 225 Å². The van der Waals surface area contributed by atoms with Crippen LogP contribution in [0.1, 0.15) is 16.7 Å². The van der Waals surface area contributed by atoms with Gasteiger partial charge in [-0.25, -0.2) is 24.1 Å². The molecule has 6 rings (SSSR count). The van der Waals surface area contributed by atoms with Crippen molar-refractivity contribution in [2.24, 2.45) is 0 Å². The lowest BCUT2D eigenvalue weighted by molar-refractivity contribution is 0.100. The van der Waals surface area contributed by atoms with E-state index in [0.29, 0.717) is 50.7 Å². The molecule has 12 heteroatoms. The Morgan fingerprint density at radius 3 is 2.92 bits per heavy atom. The third-order valence-corrected chi connectivity index (χ3v) is 7.28. The van der Waals surface area contributed by atoms with Crippen LogP contribution in [0.3, 0.4) is 0 Å². The molecule has 0 spiro atoms. The molecule has 1 aliphatic rings. The van der Waals surface area contributed by atoms with Crippen LogP contribution in [-0.2, 0) is 11.2 Å². The van der Waals surface area contributed by atoms with Crippen LogP contribution in [0.4, 0.5) is 14.9 Å². The number of carbonyl (C=O) groups excluding carboxylic acids is 1. The summed E-state index contributed by atoms with van der Waals surface area (Å²) >= 11 is 1.42. The number of ether oxygens (including phenoxy) is 3. The molecule has 39 heavy (non-hydrogen) atoms. The Hall–Kier alpha value is -4.89. The molecule has 10 nitrogen and oxygen atoms in total. The second kappa shape index (κ2) is 9.77. The molecule has 1 atom stereocenters. The number of amides is 1. The van der Waals surface area contributed by atoms with Crippen LogP contribution >= 0.6 is 11.3 Å². The van der Waals surface area contributed by atoms with Crippen molar-refractivity contribution in [2.75, 3.05) is 19.0 Å². The molecular formula is C27H19FN6O4S. The fourth-order valence-electron chi connectivity index (χ4n) is 4.44. The average Bonchev–Trinajstić information content (AvgIpc) is 3.56. The van der Waals surface area contributed by atoms with Gasteiger partial charge >= 0.3 is 6.09 Å². The fourth-order valence-corrected chi connectivity index (χ4v) is 5.55. The number of anilines is 1. The van der Waals surface area contributed by atoms with Gasteiger partial charge in [0.05, 0.1) is 52.0 Å². The molecule has 0 bridgehead atoms. The van der Waals surface area contributed by atoms with Crippen molar-refractivity contribution in [3.8, 4) is 28.3 Å². The highest BCUT2D eigenvalue weighted by molar-refractivity contribution is 7.22. The van der Waals surface area contributed by atoms with E-state index in [1.54, 1.807) is 6.20 Å². The number of methoxy groups -OCH3 is 1. The number of thiazole rings is 1. The number of pyridine rings is 1. The van der Waals surface area contributed by atoms with E-state index in [9.17, 15) is 4.79 Å². The molecule has 1 aliphatic heterocycles. The van der Waals surface area contributed by atoms with Gasteiger partial charge in [0.2, 0.25) is 5.88 Å². The number of hydrogen-bond acceptors (Lipinski definition) is 10. The molecule has 2 aromatic carbocycles. The van der Waals surface area contributed by atoms with Crippen molar-refractivity contribution in [1.82, 2.24) is 19.9 Å². The number of halogens is 1. The lowest BCUT2D eigenvalue weighted by Gasteiger charge is -2.12. The first-order chi connectivity index (χ1) is 18.9. The van der Waals surface area contributed by atoms with Crippen molar-refractivity contribution in [3.63, 3.8) is 0 Å². The third-order valence-electron chi connectivity index (χ3n) is 6.12. The van der Waals surface area contributed by atoms with Gasteiger partial charge in [-0.15, -0.1) is 11.3 Å². The van der Waals surface area contributed by atoms with Crippen LogP contribution in [0.15, 0.2) is 42.9 Å². The van der Waals surface area contributed by atoms with Crippen molar-refractivity contribution >= 4 is 44.4 Å². The minimum Gasteiger partial charge on any atom is -0.483 e. The lowest BCUT2D eigenvalue weighted by Crippen LogP contribution is -2.25. The Morgan fingerprint density at radius 1 is 1.23 bits per heavy atom. The molecule has 0 saturated carbocycles. The van der Waals surface area contributed by atoms with E-state index in [2.05, 4.69) is 20.3 Å². The van der Waals surface area contributed by atoms with Crippen molar-refractivity contribution in [3.05, 3.63) is 65.4 Å². The zero-order chi connectivity index (χ0) is 27.1. The van der Waals surface area contributed by atoms with Crippen LogP contribution in [0.5, 0.6) is 11.6 Å². The second-order valence-electron chi connectivity index (χ2n) is 8.87. The molecule has 0 aliphatic carbocycles. The minimum absolute atomic E-state index is 0.0988. The maximum absolute atomic E-state index is 15.0. The first-order valence-corrected chi connectivity index (χ1v) is 12.6. The molecule has 194 valence electrons. The molecule has 4 heterocycles. The molecule has 0 fully saturated rings. The number of rotatable bonds is 5. The van der Waals surface area contributed by atoms with Gasteiger partial charge < -0.3 is 14.2 Å². The Morgan fingerprint density at radius 2 is 2.10 bits per heavy atom. The molecule has 1 N–H and O–H groups in total. The predicted octanol–water partition coefficient (Wildman–Crippen LogP) is 5.18. The van der Waals surface area contributed by atoms with E-state index < -0.39 is 18.0 Å². The van der Waals surface area contributed by atoms with Gasteiger partial charge in [0, 0.05) is 29.8 Å². The summed E-state index contributed by atoms with van der Waals surface area (Å²) in [6.07, 6.45) is 3.37. The van der Waals surface area contributed by atoms with E-state index in [1.807, 2.05) is 25.1 Å². The van der Waals surface area contributed by atoms with Gasteiger partial charge in [0.15, 0.2) is 11.6 Å². The highest BCUT2D eigenvalue weighted by Crippen LogP contribution is 2.43. The Balaban J connectivity index is 1.24. The summed E-state index contributed by atoms with van der Waals surface area (Å²) in [6.45, 7) is 1.86. The summed E-state index contributed by atoms with van der Waals surface area (Å²) in [6, 6.07) is 8.68. The van der Waals surface area contributed by atoms with E-state index in [-0.39, 0.29) is 12.4 Å². The van der Waals surface area contributed by atoms with Crippen LogP contribution in [0.25, 0.3) is 31.8 Å². The zero-order valence-electron chi connectivity index (χ0n) is 20.7. The summed E-state index contributed by atoms with van der Waals surface area (Å²) in [5.74, 6) is 0.0188. The summed E-state index contributed by atoms with van der Waals surface area (Å²) in [5.41, 5.74) is 4.93. The molecular weight excluding hydrogens is 523 g/mol. The maximum Gasteiger partial charge on any atom is 0.411 e. The summed E-state index contributed by atoms with van der Waals surface area (Å²) < 4.78 is 32.1. The van der Waals surface area contributed by atoms with Crippen LogP contribution in [0.2, 0.25) is 0 Å². The van der Waals surface area contributed by atoms with E-state index in [1.165, 1.54) is 43.0 Å². The number of carbonyl (C=O) groups is 1. The fraction of sp³-hybridized carbons (Fsp3) is 0.185. The highest BCUT2D eigenvalue weighted by atomic mass is 32.1. The topological polar surface area (TPSA) is 132 Å². The quantitative estimate of drug-likeness (QED) is 0.319.